The predicted octanol–water partition coefficient (Wildman–Crippen LogP) is 3.03. The molecule has 1 amide bonds. The summed E-state index contributed by atoms with van der Waals surface area (Å²) in [7, 11) is 0. The van der Waals surface area contributed by atoms with Gasteiger partial charge in [0, 0.05) is 19.6 Å². The van der Waals surface area contributed by atoms with E-state index >= 15 is 0 Å². The van der Waals surface area contributed by atoms with Crippen molar-refractivity contribution in [1.82, 2.24) is 24.6 Å². The average molecular weight is 404 g/mol. The highest BCUT2D eigenvalue weighted by molar-refractivity contribution is 5.87. The topological polar surface area (TPSA) is 75.9 Å². The summed E-state index contributed by atoms with van der Waals surface area (Å²) in [6.07, 6.45) is -0.652. The van der Waals surface area contributed by atoms with E-state index in [0.717, 1.165) is 16.0 Å². The summed E-state index contributed by atoms with van der Waals surface area (Å²) < 4.78 is 39.4. The number of aromatic nitrogens is 4. The average Bonchev–Trinajstić information content (AvgIpc) is 3.17. The largest absolute Gasteiger partial charge is 0.471 e. The molecule has 1 N–H and O–H groups in total. The Morgan fingerprint density at radius 2 is 1.86 bits per heavy atom. The van der Waals surface area contributed by atoms with E-state index in [0.29, 0.717) is 30.9 Å². The molecule has 1 aromatic carbocycles. The first kappa shape index (κ1) is 19.2. The number of nitrogens with zero attached hydrogens (tertiary/aromatic N) is 5. The number of hydrogen-bond acceptors (Lipinski definition) is 5. The lowest BCUT2D eigenvalue weighted by atomic mass is 9.96. The fraction of sp³-hybridized carbons (Fsp3) is 0.368. The molecule has 1 fully saturated rings. The van der Waals surface area contributed by atoms with Gasteiger partial charge in [0.2, 0.25) is 0 Å². The highest BCUT2D eigenvalue weighted by Gasteiger charge is 2.43. The minimum atomic E-state index is -4.81. The number of fused-ring (bicyclic) bond motifs is 1. The zero-order chi connectivity index (χ0) is 20.4. The van der Waals surface area contributed by atoms with Crippen LogP contribution in [0.2, 0.25) is 0 Å². The van der Waals surface area contributed by atoms with Gasteiger partial charge in [0.25, 0.3) is 0 Å². The van der Waals surface area contributed by atoms with Crippen molar-refractivity contribution in [1.29, 1.82) is 0 Å². The molecule has 2 aromatic heterocycles. The minimum Gasteiger partial charge on any atom is -0.369 e. The molecule has 0 spiro atoms. The Labute approximate surface area is 164 Å². The third-order valence-electron chi connectivity index (χ3n) is 5.07. The van der Waals surface area contributed by atoms with Crippen LogP contribution in [0.3, 0.4) is 0 Å². The second kappa shape index (κ2) is 7.69. The Balaban J connectivity index is 1.41. The molecule has 4 rings (SSSR count). The zero-order valence-corrected chi connectivity index (χ0v) is 15.4. The van der Waals surface area contributed by atoms with E-state index in [1.165, 1.54) is 6.33 Å². The van der Waals surface area contributed by atoms with E-state index in [9.17, 15) is 18.0 Å². The summed E-state index contributed by atoms with van der Waals surface area (Å²) in [5.41, 5.74) is 1.55. The van der Waals surface area contributed by atoms with Gasteiger partial charge in [0.15, 0.2) is 5.65 Å². The van der Waals surface area contributed by atoms with Gasteiger partial charge in [0.1, 0.15) is 12.1 Å². The number of hydrogen-bond donors (Lipinski definition) is 1. The molecule has 0 atom stereocenters. The maximum atomic E-state index is 12.5. The van der Waals surface area contributed by atoms with Gasteiger partial charge in [-0.05, 0) is 30.9 Å². The fourth-order valence-corrected chi connectivity index (χ4v) is 3.50. The number of halogens is 3. The molecule has 0 aliphatic carbocycles. The third-order valence-corrected chi connectivity index (χ3v) is 5.07. The number of amides is 1. The SMILES string of the molecule is O=C(N1CCC(CNc2ncnc3c2cnn3-c2ccccc2)CC1)C(F)(F)F. The molecule has 3 aromatic rings. The van der Waals surface area contributed by atoms with E-state index in [-0.39, 0.29) is 19.0 Å². The quantitative estimate of drug-likeness (QED) is 0.724. The normalized spacial score (nSPS) is 15.6. The van der Waals surface area contributed by atoms with Crippen molar-refractivity contribution in [2.24, 2.45) is 5.92 Å². The first-order valence-electron chi connectivity index (χ1n) is 9.27. The van der Waals surface area contributed by atoms with E-state index < -0.39 is 12.1 Å². The number of piperidine rings is 1. The van der Waals surface area contributed by atoms with Crippen LogP contribution in [0.5, 0.6) is 0 Å². The van der Waals surface area contributed by atoms with Gasteiger partial charge in [-0.25, -0.2) is 14.6 Å². The van der Waals surface area contributed by atoms with E-state index in [4.69, 9.17) is 0 Å². The van der Waals surface area contributed by atoms with Gasteiger partial charge < -0.3 is 10.2 Å². The van der Waals surface area contributed by atoms with Crippen molar-refractivity contribution < 1.29 is 18.0 Å². The van der Waals surface area contributed by atoms with E-state index in [1.807, 2.05) is 30.3 Å². The van der Waals surface area contributed by atoms with Crippen molar-refractivity contribution in [2.75, 3.05) is 25.0 Å². The van der Waals surface area contributed by atoms with Crippen LogP contribution >= 0.6 is 0 Å². The maximum absolute atomic E-state index is 12.5. The van der Waals surface area contributed by atoms with Crippen molar-refractivity contribution in [3.05, 3.63) is 42.9 Å². The monoisotopic (exact) mass is 404 g/mol. The molecular weight excluding hydrogens is 385 g/mol. The van der Waals surface area contributed by atoms with Gasteiger partial charge in [-0.15, -0.1) is 0 Å². The molecule has 29 heavy (non-hydrogen) atoms. The molecule has 1 saturated heterocycles. The lowest BCUT2D eigenvalue weighted by Gasteiger charge is -2.32. The number of carbonyl (C=O) groups is 1. The number of carbonyl (C=O) groups excluding carboxylic acids is 1. The van der Waals surface area contributed by atoms with Crippen LogP contribution in [-0.2, 0) is 4.79 Å². The Kier molecular flexibility index (Phi) is 5.08. The van der Waals surface area contributed by atoms with Gasteiger partial charge in [0.05, 0.1) is 17.3 Å². The summed E-state index contributed by atoms with van der Waals surface area (Å²) in [5, 5.41) is 8.43. The molecule has 0 saturated carbocycles. The predicted molar refractivity (Wildman–Crippen MR) is 101 cm³/mol. The van der Waals surface area contributed by atoms with Crippen LogP contribution < -0.4 is 5.32 Å². The highest BCUT2D eigenvalue weighted by atomic mass is 19.4. The van der Waals surface area contributed by atoms with Crippen molar-refractivity contribution in [3.8, 4) is 5.69 Å². The standard InChI is InChI=1S/C19H19F3N6O/c20-19(21,22)18(29)27-8-6-13(7-9-27)10-23-16-15-11-26-28(17(15)25-12-24-16)14-4-2-1-3-5-14/h1-5,11-13H,6-10H2,(H,23,24,25). The number of para-hydroxylation sites is 1. The van der Waals surface area contributed by atoms with Gasteiger partial charge in [-0.1, -0.05) is 18.2 Å². The maximum Gasteiger partial charge on any atom is 0.471 e. The van der Waals surface area contributed by atoms with Crippen LogP contribution in [0.15, 0.2) is 42.9 Å². The van der Waals surface area contributed by atoms with Crippen LogP contribution in [0.4, 0.5) is 19.0 Å². The molecule has 7 nitrogen and oxygen atoms in total. The minimum absolute atomic E-state index is 0.107. The fourth-order valence-electron chi connectivity index (χ4n) is 3.50. The summed E-state index contributed by atoms with van der Waals surface area (Å²) in [6, 6.07) is 9.61. The molecule has 0 unspecified atom stereocenters. The summed E-state index contributed by atoms with van der Waals surface area (Å²) >= 11 is 0. The number of likely N-dealkylation sites (tertiary alicyclic amines) is 1. The molecule has 1 aliphatic heterocycles. The number of anilines is 1. The Bertz CT molecular complexity index is 996. The van der Waals surface area contributed by atoms with Gasteiger partial charge >= 0.3 is 12.1 Å². The van der Waals surface area contributed by atoms with Crippen LogP contribution in [-0.4, -0.2) is 56.4 Å². The van der Waals surface area contributed by atoms with Crippen molar-refractivity contribution in [2.45, 2.75) is 19.0 Å². The second-order valence-electron chi connectivity index (χ2n) is 6.97. The number of alkyl halides is 3. The smallest absolute Gasteiger partial charge is 0.369 e. The molecule has 0 radical (unpaired) electrons. The van der Waals surface area contributed by atoms with Crippen molar-refractivity contribution in [3.63, 3.8) is 0 Å². The third kappa shape index (κ3) is 4.01. The molecule has 3 heterocycles. The van der Waals surface area contributed by atoms with E-state index in [2.05, 4.69) is 20.4 Å². The first-order valence-corrected chi connectivity index (χ1v) is 9.27. The summed E-state index contributed by atoms with van der Waals surface area (Å²) in [6.45, 7) is 0.766. The van der Waals surface area contributed by atoms with Crippen LogP contribution in [0.1, 0.15) is 12.8 Å². The summed E-state index contributed by atoms with van der Waals surface area (Å²) in [5.74, 6) is -0.970. The van der Waals surface area contributed by atoms with Gasteiger partial charge in [-0.3, -0.25) is 4.79 Å². The van der Waals surface area contributed by atoms with Crippen LogP contribution in [0.25, 0.3) is 16.7 Å². The molecular formula is C19H19F3N6O. The summed E-state index contributed by atoms with van der Waals surface area (Å²) in [4.78, 5) is 20.8. The molecule has 0 bridgehead atoms. The first-order chi connectivity index (χ1) is 13.9. The lowest BCUT2D eigenvalue weighted by Crippen LogP contribution is -2.46. The molecule has 10 heteroatoms. The van der Waals surface area contributed by atoms with E-state index in [1.54, 1.807) is 10.9 Å². The highest BCUT2D eigenvalue weighted by Crippen LogP contribution is 2.25. The Hall–Kier alpha value is -3.17. The number of rotatable bonds is 4. The molecule has 152 valence electrons. The van der Waals surface area contributed by atoms with Crippen LogP contribution in [0, 0.1) is 5.92 Å². The second-order valence-corrected chi connectivity index (χ2v) is 6.97. The number of benzene rings is 1. The molecule has 1 aliphatic rings. The lowest BCUT2D eigenvalue weighted by molar-refractivity contribution is -0.186. The Morgan fingerprint density at radius 1 is 1.14 bits per heavy atom. The number of nitrogens with one attached hydrogen (secondary N) is 1. The Morgan fingerprint density at radius 3 is 2.55 bits per heavy atom. The van der Waals surface area contributed by atoms with Gasteiger partial charge in [-0.2, -0.15) is 18.3 Å². The zero-order valence-electron chi connectivity index (χ0n) is 15.4. The van der Waals surface area contributed by atoms with Crippen molar-refractivity contribution >= 4 is 22.8 Å².